The number of alkyl halides is 3. The Morgan fingerprint density at radius 1 is 1.27 bits per heavy atom. The second-order valence-corrected chi connectivity index (χ2v) is 5.31. The molecule has 2 rings (SSSR count). The summed E-state index contributed by atoms with van der Waals surface area (Å²) in [6.45, 7) is 0.913. The molecule has 0 aliphatic carbocycles. The van der Waals surface area contributed by atoms with Gasteiger partial charge in [0.05, 0.1) is 11.8 Å². The first kappa shape index (κ1) is 16.5. The van der Waals surface area contributed by atoms with Crippen molar-refractivity contribution in [3.8, 4) is 0 Å². The normalized spacial score (nSPS) is 12.1. The molecule has 0 saturated carbocycles. The van der Waals surface area contributed by atoms with Gasteiger partial charge in [-0.2, -0.15) is 18.3 Å². The number of hydrogen-bond acceptors (Lipinski definition) is 2. The van der Waals surface area contributed by atoms with Crippen LogP contribution in [0, 0.1) is 5.82 Å². The average molecular weight is 315 g/mol. The van der Waals surface area contributed by atoms with Gasteiger partial charge in [-0.05, 0) is 31.2 Å². The van der Waals surface area contributed by atoms with Gasteiger partial charge in [0.25, 0.3) is 0 Å². The molecule has 0 unspecified atom stereocenters. The Morgan fingerprint density at radius 3 is 2.55 bits per heavy atom. The van der Waals surface area contributed by atoms with Gasteiger partial charge in [-0.1, -0.05) is 6.07 Å². The van der Waals surface area contributed by atoms with Crippen LogP contribution in [0.15, 0.2) is 30.6 Å². The van der Waals surface area contributed by atoms with Crippen molar-refractivity contribution < 1.29 is 17.6 Å². The van der Waals surface area contributed by atoms with Crippen LogP contribution in [0.2, 0.25) is 0 Å². The highest BCUT2D eigenvalue weighted by Crippen LogP contribution is 2.30. The maximum Gasteiger partial charge on any atom is 0.416 e. The standard InChI is InChI=1S/C15H17F4N3/c1-21(6-5-11-8-20-22(2)9-11)10-12-3-4-13(7-14(12)16)15(17,18)19/h3-4,7-9H,5-6,10H2,1-2H3. The van der Waals surface area contributed by atoms with Crippen LogP contribution in [-0.4, -0.2) is 28.3 Å². The summed E-state index contributed by atoms with van der Waals surface area (Å²) in [5.74, 6) is -0.831. The number of nitrogens with zero attached hydrogens (tertiary/aromatic N) is 3. The van der Waals surface area contributed by atoms with E-state index in [1.54, 1.807) is 17.9 Å². The first-order valence-electron chi connectivity index (χ1n) is 6.77. The molecule has 0 fully saturated rings. The maximum atomic E-state index is 13.8. The Hall–Kier alpha value is -1.89. The van der Waals surface area contributed by atoms with Crippen LogP contribution in [0.3, 0.4) is 0 Å². The monoisotopic (exact) mass is 315 g/mol. The minimum atomic E-state index is -4.52. The average Bonchev–Trinajstić information content (AvgIpc) is 2.83. The molecule has 1 aromatic heterocycles. The van der Waals surface area contributed by atoms with E-state index in [-0.39, 0.29) is 12.1 Å². The molecule has 0 saturated heterocycles. The van der Waals surface area contributed by atoms with E-state index in [1.165, 1.54) is 6.07 Å². The van der Waals surface area contributed by atoms with E-state index in [4.69, 9.17) is 0 Å². The lowest BCUT2D eigenvalue weighted by Gasteiger charge is -2.17. The number of hydrogen-bond donors (Lipinski definition) is 0. The van der Waals surface area contributed by atoms with E-state index in [9.17, 15) is 17.6 Å². The molecule has 3 nitrogen and oxygen atoms in total. The molecule has 0 spiro atoms. The lowest BCUT2D eigenvalue weighted by molar-refractivity contribution is -0.137. The number of likely N-dealkylation sites (N-methyl/N-ethyl adjacent to an activating group) is 1. The number of aryl methyl sites for hydroxylation is 1. The van der Waals surface area contributed by atoms with Gasteiger partial charge in [0, 0.05) is 31.9 Å². The van der Waals surface area contributed by atoms with Crippen molar-refractivity contribution in [1.82, 2.24) is 14.7 Å². The zero-order valence-corrected chi connectivity index (χ0v) is 12.4. The Kier molecular flexibility index (Phi) is 4.85. The number of benzene rings is 1. The van der Waals surface area contributed by atoms with Crippen LogP contribution in [0.25, 0.3) is 0 Å². The summed E-state index contributed by atoms with van der Waals surface area (Å²) in [5.41, 5.74) is 0.343. The molecule has 0 radical (unpaired) electrons. The minimum Gasteiger partial charge on any atom is -0.302 e. The second-order valence-electron chi connectivity index (χ2n) is 5.31. The summed E-state index contributed by atoms with van der Waals surface area (Å²) in [7, 11) is 3.62. The van der Waals surface area contributed by atoms with Gasteiger partial charge < -0.3 is 4.90 Å². The smallest absolute Gasteiger partial charge is 0.302 e. The fourth-order valence-corrected chi connectivity index (χ4v) is 2.14. The Labute approximate surface area is 126 Å². The molecule has 0 aliphatic heterocycles. The first-order valence-corrected chi connectivity index (χ1v) is 6.77. The largest absolute Gasteiger partial charge is 0.416 e. The SMILES string of the molecule is CN(CCc1cnn(C)c1)Cc1ccc(C(F)(F)F)cc1F. The zero-order valence-electron chi connectivity index (χ0n) is 12.4. The predicted octanol–water partition coefficient (Wildman–Crippen LogP) is 3.25. The summed E-state index contributed by atoms with van der Waals surface area (Å²) in [5, 5.41) is 4.06. The van der Waals surface area contributed by atoms with Crippen molar-refractivity contribution in [3.63, 3.8) is 0 Å². The summed E-state index contributed by atoms with van der Waals surface area (Å²) in [6, 6.07) is 2.65. The number of halogens is 4. The van der Waals surface area contributed by atoms with Crippen molar-refractivity contribution in [2.75, 3.05) is 13.6 Å². The van der Waals surface area contributed by atoms with Gasteiger partial charge in [-0.25, -0.2) is 4.39 Å². The van der Waals surface area contributed by atoms with Crippen molar-refractivity contribution in [2.45, 2.75) is 19.1 Å². The molecule has 1 aromatic carbocycles. The van der Waals surface area contributed by atoms with Gasteiger partial charge in [0.15, 0.2) is 0 Å². The van der Waals surface area contributed by atoms with Crippen molar-refractivity contribution in [3.05, 3.63) is 53.1 Å². The molecule has 1 heterocycles. The quantitative estimate of drug-likeness (QED) is 0.790. The van der Waals surface area contributed by atoms with Crippen LogP contribution in [0.5, 0.6) is 0 Å². The van der Waals surface area contributed by atoms with Gasteiger partial charge in [0.2, 0.25) is 0 Å². The van der Waals surface area contributed by atoms with Gasteiger partial charge >= 0.3 is 6.18 Å². The van der Waals surface area contributed by atoms with Gasteiger partial charge in [-0.3, -0.25) is 4.68 Å². The first-order chi connectivity index (χ1) is 10.3. The molecule has 0 atom stereocenters. The molecule has 0 N–H and O–H groups in total. The second kappa shape index (κ2) is 6.48. The Balaban J connectivity index is 1.95. The summed E-state index contributed by atoms with van der Waals surface area (Å²) in [6.07, 6.45) is -0.128. The third-order valence-electron chi connectivity index (χ3n) is 3.36. The van der Waals surface area contributed by atoms with E-state index in [1.807, 2.05) is 18.1 Å². The van der Waals surface area contributed by atoms with Gasteiger partial charge in [0.1, 0.15) is 5.82 Å². The molecular weight excluding hydrogens is 298 g/mol. The third kappa shape index (κ3) is 4.30. The van der Waals surface area contributed by atoms with Crippen molar-refractivity contribution >= 4 is 0 Å². The highest BCUT2D eigenvalue weighted by Gasteiger charge is 2.31. The third-order valence-corrected chi connectivity index (χ3v) is 3.36. The van der Waals surface area contributed by atoms with Crippen LogP contribution in [0.1, 0.15) is 16.7 Å². The fourth-order valence-electron chi connectivity index (χ4n) is 2.14. The van der Waals surface area contributed by atoms with E-state index < -0.39 is 17.6 Å². The molecule has 120 valence electrons. The van der Waals surface area contributed by atoms with E-state index >= 15 is 0 Å². The molecular formula is C15H17F4N3. The van der Waals surface area contributed by atoms with E-state index in [0.29, 0.717) is 12.6 Å². The Morgan fingerprint density at radius 2 is 2.00 bits per heavy atom. The summed E-state index contributed by atoms with van der Waals surface area (Å²) < 4.78 is 52.9. The zero-order chi connectivity index (χ0) is 16.3. The lowest BCUT2D eigenvalue weighted by Crippen LogP contribution is -2.21. The highest BCUT2D eigenvalue weighted by molar-refractivity contribution is 5.26. The molecule has 0 aliphatic rings. The predicted molar refractivity (Wildman–Crippen MR) is 74.6 cm³/mol. The van der Waals surface area contributed by atoms with Crippen LogP contribution < -0.4 is 0 Å². The summed E-state index contributed by atoms with van der Waals surface area (Å²) in [4.78, 5) is 1.86. The molecule has 0 amide bonds. The number of aromatic nitrogens is 2. The Bertz CT molecular complexity index is 634. The molecule has 2 aromatic rings. The number of rotatable bonds is 5. The van der Waals surface area contributed by atoms with Crippen LogP contribution >= 0.6 is 0 Å². The molecule has 7 heteroatoms. The molecule has 22 heavy (non-hydrogen) atoms. The van der Waals surface area contributed by atoms with Gasteiger partial charge in [-0.15, -0.1) is 0 Å². The van der Waals surface area contributed by atoms with E-state index in [0.717, 1.165) is 18.1 Å². The summed E-state index contributed by atoms with van der Waals surface area (Å²) >= 11 is 0. The van der Waals surface area contributed by atoms with E-state index in [2.05, 4.69) is 5.10 Å². The minimum absolute atomic E-state index is 0.252. The maximum absolute atomic E-state index is 13.8. The highest BCUT2D eigenvalue weighted by atomic mass is 19.4. The topological polar surface area (TPSA) is 21.1 Å². The van der Waals surface area contributed by atoms with Crippen molar-refractivity contribution in [2.24, 2.45) is 7.05 Å². The fraction of sp³-hybridized carbons (Fsp3) is 0.400. The van der Waals surface area contributed by atoms with Crippen LogP contribution in [-0.2, 0) is 26.2 Å². The molecule has 0 bridgehead atoms. The van der Waals surface area contributed by atoms with Crippen molar-refractivity contribution in [1.29, 1.82) is 0 Å². The van der Waals surface area contributed by atoms with Crippen LogP contribution in [0.4, 0.5) is 17.6 Å². The lowest BCUT2D eigenvalue weighted by atomic mass is 10.1.